The smallest absolute Gasteiger partial charge is 0.236 e. The molecule has 0 aromatic heterocycles. The maximum absolute atomic E-state index is 13.0. The molecule has 0 unspecified atom stereocenters. The van der Waals surface area contributed by atoms with Gasteiger partial charge in [0.05, 0.1) is 0 Å². The number of nitrogens with zero attached hydrogens (tertiary/aromatic N) is 2. The highest BCUT2D eigenvalue weighted by atomic mass is 16.4. The fourth-order valence-electron chi connectivity index (χ4n) is 3.74. The second-order valence-electron chi connectivity index (χ2n) is 7.08. The van der Waals surface area contributed by atoms with Gasteiger partial charge in [-0.25, -0.2) is 0 Å². The molecule has 2 aliphatic rings. The Hall–Kier alpha value is -1.26. The van der Waals surface area contributed by atoms with Gasteiger partial charge >= 0.3 is 0 Å². The van der Waals surface area contributed by atoms with E-state index in [1.54, 1.807) is 0 Å². The van der Waals surface area contributed by atoms with Gasteiger partial charge in [0.25, 0.3) is 0 Å². The lowest BCUT2D eigenvalue weighted by molar-refractivity contribution is -0.142. The zero-order chi connectivity index (χ0) is 15.5. The molecule has 0 bridgehead atoms. The normalized spacial score (nSPS) is 25.6. The molecule has 2 fully saturated rings. The number of piperidine rings is 1. The zero-order valence-corrected chi connectivity index (χ0v) is 13.4. The van der Waals surface area contributed by atoms with Crippen molar-refractivity contribution in [1.29, 1.82) is 0 Å². The zero-order valence-electron chi connectivity index (χ0n) is 13.4. The van der Waals surface area contributed by atoms with E-state index in [1.807, 2.05) is 4.90 Å². The number of oxime groups is 1. The van der Waals surface area contributed by atoms with Crippen LogP contribution < -0.4 is 5.73 Å². The summed E-state index contributed by atoms with van der Waals surface area (Å²) >= 11 is 0. The lowest BCUT2D eigenvalue weighted by Crippen LogP contribution is -2.54. The Morgan fingerprint density at radius 2 is 1.76 bits per heavy atom. The lowest BCUT2D eigenvalue weighted by atomic mass is 9.71. The second kappa shape index (κ2) is 6.24. The van der Waals surface area contributed by atoms with E-state index < -0.39 is 5.41 Å². The van der Waals surface area contributed by atoms with E-state index in [2.05, 4.69) is 19.0 Å². The number of hydrogen-bond acceptors (Lipinski definition) is 3. The van der Waals surface area contributed by atoms with Crippen LogP contribution in [0.1, 0.15) is 65.2 Å². The van der Waals surface area contributed by atoms with Gasteiger partial charge < -0.3 is 15.8 Å². The van der Waals surface area contributed by atoms with Crippen LogP contribution in [0.2, 0.25) is 0 Å². The number of carbonyl (C=O) groups is 1. The first-order valence-electron chi connectivity index (χ1n) is 8.25. The Labute approximate surface area is 127 Å². The maximum Gasteiger partial charge on any atom is 0.236 e. The van der Waals surface area contributed by atoms with Gasteiger partial charge in [0.2, 0.25) is 5.91 Å². The van der Waals surface area contributed by atoms with Crippen LogP contribution in [0.25, 0.3) is 0 Å². The van der Waals surface area contributed by atoms with Crippen molar-refractivity contribution in [2.24, 2.45) is 21.7 Å². The highest BCUT2D eigenvalue weighted by Gasteiger charge is 2.47. The van der Waals surface area contributed by atoms with Crippen LogP contribution in [0.15, 0.2) is 5.16 Å². The van der Waals surface area contributed by atoms with Crippen LogP contribution in [0.3, 0.4) is 0 Å². The molecule has 1 saturated carbocycles. The molecule has 0 aromatic carbocycles. The van der Waals surface area contributed by atoms with Gasteiger partial charge in [0.15, 0.2) is 5.84 Å². The van der Waals surface area contributed by atoms with Gasteiger partial charge in [-0.15, -0.1) is 0 Å². The first kappa shape index (κ1) is 16.1. The number of likely N-dealkylation sites (tertiary alicyclic amines) is 1. The van der Waals surface area contributed by atoms with Crippen molar-refractivity contribution in [3.8, 4) is 0 Å². The first-order valence-corrected chi connectivity index (χ1v) is 8.25. The minimum Gasteiger partial charge on any atom is -0.409 e. The third kappa shape index (κ3) is 3.01. The fraction of sp³-hybridized carbons (Fsp3) is 0.875. The number of amides is 1. The van der Waals surface area contributed by atoms with Crippen LogP contribution in [0.4, 0.5) is 0 Å². The molecule has 5 heteroatoms. The molecule has 0 atom stereocenters. The topological polar surface area (TPSA) is 78.9 Å². The summed E-state index contributed by atoms with van der Waals surface area (Å²) in [6.45, 7) is 6.11. The number of hydrogen-bond donors (Lipinski definition) is 2. The number of nitrogens with two attached hydrogens (primary N) is 1. The van der Waals surface area contributed by atoms with Gasteiger partial charge in [-0.1, -0.05) is 44.7 Å². The summed E-state index contributed by atoms with van der Waals surface area (Å²) in [4.78, 5) is 15.0. The largest absolute Gasteiger partial charge is 0.409 e. The van der Waals surface area contributed by atoms with Gasteiger partial charge in [0, 0.05) is 13.1 Å². The van der Waals surface area contributed by atoms with Crippen molar-refractivity contribution in [1.82, 2.24) is 4.90 Å². The molecule has 1 heterocycles. The summed E-state index contributed by atoms with van der Waals surface area (Å²) in [5, 5.41) is 12.3. The Morgan fingerprint density at radius 3 is 2.24 bits per heavy atom. The van der Waals surface area contributed by atoms with Crippen LogP contribution in [-0.4, -0.2) is 34.9 Å². The van der Waals surface area contributed by atoms with Crippen molar-refractivity contribution >= 4 is 11.7 Å². The maximum atomic E-state index is 13.0. The van der Waals surface area contributed by atoms with Gasteiger partial charge in [-0.05, 0) is 31.1 Å². The van der Waals surface area contributed by atoms with Gasteiger partial charge in [0.1, 0.15) is 5.41 Å². The summed E-state index contributed by atoms with van der Waals surface area (Å²) in [6.07, 6.45) is 7.74. The molecule has 1 saturated heterocycles. The monoisotopic (exact) mass is 295 g/mol. The van der Waals surface area contributed by atoms with E-state index in [1.165, 1.54) is 0 Å². The summed E-state index contributed by atoms with van der Waals surface area (Å²) in [6, 6.07) is 0. The predicted octanol–water partition coefficient (Wildman–Crippen LogP) is 2.72. The minimum atomic E-state index is -0.757. The Bertz CT molecular complexity index is 406. The molecule has 1 aliphatic heterocycles. The standard InChI is InChI=1S/C16H29N3O2/c1-3-15(2)9-11-19(12-10-15)14(20)16(13(17)18-21)7-5-4-6-8-16/h21H,3-12H2,1-2H3,(H2,17,18). The van der Waals surface area contributed by atoms with Crippen LogP contribution in [0.5, 0.6) is 0 Å². The highest BCUT2D eigenvalue weighted by Crippen LogP contribution is 2.41. The molecule has 21 heavy (non-hydrogen) atoms. The average molecular weight is 295 g/mol. The molecular formula is C16H29N3O2. The quantitative estimate of drug-likeness (QED) is 0.364. The molecular weight excluding hydrogens is 266 g/mol. The van der Waals surface area contributed by atoms with E-state index in [0.717, 1.165) is 51.6 Å². The Morgan fingerprint density at radius 1 is 1.19 bits per heavy atom. The summed E-state index contributed by atoms with van der Waals surface area (Å²) in [5.74, 6) is 0.187. The molecule has 1 aliphatic carbocycles. The van der Waals surface area contributed by atoms with Gasteiger partial charge in [-0.2, -0.15) is 0 Å². The second-order valence-corrected chi connectivity index (χ2v) is 7.08. The Kier molecular flexibility index (Phi) is 4.79. The number of amidine groups is 1. The predicted molar refractivity (Wildman–Crippen MR) is 83.1 cm³/mol. The highest BCUT2D eigenvalue weighted by molar-refractivity contribution is 6.06. The number of rotatable bonds is 3. The van der Waals surface area contributed by atoms with Crippen molar-refractivity contribution < 1.29 is 10.0 Å². The fourth-order valence-corrected chi connectivity index (χ4v) is 3.74. The van der Waals surface area contributed by atoms with Crippen LogP contribution >= 0.6 is 0 Å². The molecule has 0 radical (unpaired) electrons. The summed E-state index contributed by atoms with van der Waals surface area (Å²) in [7, 11) is 0. The van der Waals surface area contributed by atoms with E-state index in [9.17, 15) is 4.79 Å². The van der Waals surface area contributed by atoms with Crippen molar-refractivity contribution in [3.05, 3.63) is 0 Å². The third-order valence-corrected chi connectivity index (χ3v) is 5.83. The average Bonchev–Trinajstić information content (AvgIpc) is 2.54. The minimum absolute atomic E-state index is 0.0793. The van der Waals surface area contributed by atoms with Gasteiger partial charge in [-0.3, -0.25) is 4.79 Å². The first-order chi connectivity index (χ1) is 9.97. The van der Waals surface area contributed by atoms with Crippen molar-refractivity contribution in [2.45, 2.75) is 65.2 Å². The van der Waals surface area contributed by atoms with E-state index >= 15 is 0 Å². The van der Waals surface area contributed by atoms with Crippen LogP contribution in [-0.2, 0) is 4.79 Å². The Balaban J connectivity index is 2.13. The molecule has 0 aromatic rings. The summed E-state index contributed by atoms with van der Waals surface area (Å²) in [5.41, 5.74) is 5.52. The molecule has 1 amide bonds. The third-order valence-electron chi connectivity index (χ3n) is 5.83. The molecule has 3 N–H and O–H groups in total. The molecule has 0 spiro atoms. The molecule has 5 nitrogen and oxygen atoms in total. The molecule has 2 rings (SSSR count). The van der Waals surface area contributed by atoms with E-state index in [0.29, 0.717) is 18.3 Å². The lowest BCUT2D eigenvalue weighted by Gasteiger charge is -2.44. The van der Waals surface area contributed by atoms with E-state index in [4.69, 9.17) is 10.9 Å². The SMILES string of the molecule is CCC1(C)CCN(C(=O)C2(C(N)=NO)CCCCC2)CC1. The van der Waals surface area contributed by atoms with Crippen molar-refractivity contribution in [2.75, 3.05) is 13.1 Å². The van der Waals surface area contributed by atoms with Crippen molar-refractivity contribution in [3.63, 3.8) is 0 Å². The number of carbonyl (C=O) groups excluding carboxylic acids is 1. The summed E-state index contributed by atoms with van der Waals surface area (Å²) < 4.78 is 0. The van der Waals surface area contributed by atoms with E-state index in [-0.39, 0.29) is 11.7 Å². The molecule has 120 valence electrons. The van der Waals surface area contributed by atoms with Crippen LogP contribution in [0, 0.1) is 10.8 Å².